The Morgan fingerprint density at radius 1 is 1.00 bits per heavy atom. The van der Waals surface area contributed by atoms with Crippen LogP contribution in [0.4, 0.5) is 0 Å². The Morgan fingerprint density at radius 3 is 2.63 bits per heavy atom. The summed E-state index contributed by atoms with van der Waals surface area (Å²) in [4.78, 5) is 12.8. The minimum Gasteiger partial charge on any atom is -0.487 e. The van der Waals surface area contributed by atoms with Crippen molar-refractivity contribution in [2.24, 2.45) is 0 Å². The lowest BCUT2D eigenvalue weighted by Crippen LogP contribution is -2.31. The highest BCUT2D eigenvalue weighted by atomic mass is 32.2. The van der Waals surface area contributed by atoms with Crippen LogP contribution in [-0.4, -0.2) is 46.9 Å². The monoisotopic (exact) mass is 382 g/mol. The molecule has 0 amide bonds. The smallest absolute Gasteiger partial charge is 0.243 e. The summed E-state index contributed by atoms with van der Waals surface area (Å²) >= 11 is 0. The number of ether oxygens (including phenoxy) is 1. The fourth-order valence-electron chi connectivity index (χ4n) is 3.04. The number of rotatable bonds is 5. The van der Waals surface area contributed by atoms with E-state index in [4.69, 9.17) is 4.74 Å². The quantitative estimate of drug-likeness (QED) is 0.674. The summed E-state index contributed by atoms with van der Waals surface area (Å²) in [6.07, 6.45) is 5.14. The molecule has 1 atom stereocenters. The predicted molar refractivity (Wildman–Crippen MR) is 99.5 cm³/mol. The second-order valence-corrected chi connectivity index (χ2v) is 8.09. The molecule has 1 saturated heterocycles. The van der Waals surface area contributed by atoms with Crippen LogP contribution in [-0.2, 0) is 10.0 Å². The van der Waals surface area contributed by atoms with Crippen molar-refractivity contribution in [2.75, 3.05) is 13.1 Å². The molecule has 1 aromatic carbocycles. The zero-order chi connectivity index (χ0) is 18.7. The minimum atomic E-state index is -3.51. The van der Waals surface area contributed by atoms with Gasteiger partial charge in [0.2, 0.25) is 10.0 Å². The van der Waals surface area contributed by atoms with E-state index in [1.165, 1.54) is 10.6 Å². The number of hydrogen-bond acceptors (Lipinski definition) is 6. The highest BCUT2D eigenvalue weighted by molar-refractivity contribution is 7.89. The third-order valence-corrected chi connectivity index (χ3v) is 6.26. The van der Waals surface area contributed by atoms with E-state index in [-0.39, 0.29) is 6.10 Å². The molecule has 2 aromatic heterocycles. The van der Waals surface area contributed by atoms with E-state index in [2.05, 4.69) is 15.0 Å². The number of nitrogens with zero attached hydrogens (tertiary/aromatic N) is 4. The lowest BCUT2D eigenvalue weighted by molar-refractivity contribution is 0.216. The van der Waals surface area contributed by atoms with Crippen molar-refractivity contribution in [2.45, 2.75) is 17.4 Å². The Morgan fingerprint density at radius 2 is 1.85 bits per heavy atom. The lowest BCUT2D eigenvalue weighted by Gasteiger charge is -2.18. The SMILES string of the molecule is O=S(=O)(c1ccccc1)N1CCC(Oc2cccnc2-c2ccncn2)C1. The van der Waals surface area contributed by atoms with E-state index in [0.29, 0.717) is 41.5 Å². The molecule has 7 nitrogen and oxygen atoms in total. The fraction of sp³-hybridized carbons (Fsp3) is 0.211. The lowest BCUT2D eigenvalue weighted by atomic mass is 10.2. The molecule has 1 fully saturated rings. The molecule has 3 aromatic rings. The molecule has 0 N–H and O–H groups in total. The zero-order valence-electron chi connectivity index (χ0n) is 14.5. The van der Waals surface area contributed by atoms with Crippen molar-refractivity contribution in [1.29, 1.82) is 0 Å². The van der Waals surface area contributed by atoms with Crippen molar-refractivity contribution in [3.63, 3.8) is 0 Å². The molecule has 0 bridgehead atoms. The molecule has 1 aliphatic heterocycles. The first-order valence-electron chi connectivity index (χ1n) is 8.58. The van der Waals surface area contributed by atoms with Crippen LogP contribution >= 0.6 is 0 Å². The van der Waals surface area contributed by atoms with Gasteiger partial charge in [0.15, 0.2) is 0 Å². The van der Waals surface area contributed by atoms with Gasteiger partial charge in [0.1, 0.15) is 23.9 Å². The molecule has 1 unspecified atom stereocenters. The van der Waals surface area contributed by atoms with Crippen LogP contribution < -0.4 is 4.74 Å². The van der Waals surface area contributed by atoms with Crippen molar-refractivity contribution in [3.05, 3.63) is 67.3 Å². The maximum Gasteiger partial charge on any atom is 0.243 e. The van der Waals surface area contributed by atoms with Crippen molar-refractivity contribution >= 4 is 10.0 Å². The maximum absolute atomic E-state index is 12.8. The average Bonchev–Trinajstić information content (AvgIpc) is 3.19. The Bertz CT molecular complexity index is 1010. The molecular weight excluding hydrogens is 364 g/mol. The first-order chi connectivity index (χ1) is 13.1. The Balaban J connectivity index is 1.52. The summed E-state index contributed by atoms with van der Waals surface area (Å²) in [5.41, 5.74) is 1.27. The molecule has 4 rings (SSSR count). The molecule has 8 heteroatoms. The van der Waals surface area contributed by atoms with Gasteiger partial charge in [0.05, 0.1) is 17.1 Å². The summed E-state index contributed by atoms with van der Waals surface area (Å²) in [5.74, 6) is 0.583. The van der Waals surface area contributed by atoms with Gasteiger partial charge >= 0.3 is 0 Å². The number of hydrogen-bond donors (Lipinski definition) is 0. The topological polar surface area (TPSA) is 85.3 Å². The van der Waals surface area contributed by atoms with Crippen LogP contribution in [0.2, 0.25) is 0 Å². The standard InChI is InChI=1S/C19H18N4O3S/c24-27(25,16-5-2-1-3-6-16)23-12-9-15(13-23)26-18-7-4-10-21-19(18)17-8-11-20-14-22-17/h1-8,10-11,14-15H,9,12-13H2. The Kier molecular flexibility index (Phi) is 4.83. The third-order valence-electron chi connectivity index (χ3n) is 4.38. The van der Waals surface area contributed by atoms with Crippen molar-refractivity contribution < 1.29 is 13.2 Å². The molecule has 27 heavy (non-hydrogen) atoms. The van der Waals surface area contributed by atoms with Gasteiger partial charge in [-0.15, -0.1) is 0 Å². The van der Waals surface area contributed by atoms with Crippen LogP contribution in [0.25, 0.3) is 11.4 Å². The van der Waals surface area contributed by atoms with E-state index in [0.717, 1.165) is 0 Å². The van der Waals surface area contributed by atoms with E-state index in [1.807, 2.05) is 6.07 Å². The summed E-state index contributed by atoms with van der Waals surface area (Å²) in [6.45, 7) is 0.723. The van der Waals surface area contributed by atoms with Gasteiger partial charge < -0.3 is 4.74 Å². The van der Waals surface area contributed by atoms with Gasteiger partial charge in [-0.2, -0.15) is 4.31 Å². The molecular formula is C19H18N4O3S. The van der Waals surface area contributed by atoms with E-state index in [9.17, 15) is 8.42 Å². The van der Waals surface area contributed by atoms with Gasteiger partial charge in [0.25, 0.3) is 0 Å². The average molecular weight is 382 g/mol. The Hall–Kier alpha value is -2.84. The van der Waals surface area contributed by atoms with E-state index >= 15 is 0 Å². The highest BCUT2D eigenvalue weighted by Gasteiger charge is 2.34. The number of benzene rings is 1. The maximum atomic E-state index is 12.8. The summed E-state index contributed by atoms with van der Waals surface area (Å²) in [5, 5.41) is 0. The highest BCUT2D eigenvalue weighted by Crippen LogP contribution is 2.29. The number of pyridine rings is 1. The minimum absolute atomic E-state index is 0.242. The van der Waals surface area contributed by atoms with E-state index in [1.54, 1.807) is 54.9 Å². The van der Waals surface area contributed by atoms with Crippen LogP contribution in [0.3, 0.4) is 0 Å². The largest absolute Gasteiger partial charge is 0.487 e. The zero-order valence-corrected chi connectivity index (χ0v) is 15.3. The number of sulfonamides is 1. The molecule has 0 saturated carbocycles. The fourth-order valence-corrected chi connectivity index (χ4v) is 4.55. The molecule has 3 heterocycles. The molecule has 138 valence electrons. The first-order valence-corrected chi connectivity index (χ1v) is 10.0. The van der Waals surface area contributed by atoms with E-state index < -0.39 is 10.0 Å². The van der Waals surface area contributed by atoms with Gasteiger partial charge in [-0.05, 0) is 36.8 Å². The summed E-state index contributed by atoms with van der Waals surface area (Å²) < 4.78 is 33.1. The van der Waals surface area contributed by atoms with Crippen LogP contribution in [0.1, 0.15) is 6.42 Å². The summed E-state index contributed by atoms with van der Waals surface area (Å²) in [6, 6.07) is 13.8. The third kappa shape index (κ3) is 3.67. The molecule has 0 aliphatic carbocycles. The van der Waals surface area contributed by atoms with Crippen LogP contribution in [0.5, 0.6) is 5.75 Å². The normalized spacial score (nSPS) is 17.7. The van der Waals surface area contributed by atoms with Crippen LogP contribution in [0, 0.1) is 0 Å². The number of aromatic nitrogens is 3. The summed E-state index contributed by atoms with van der Waals surface area (Å²) in [7, 11) is -3.51. The molecule has 0 spiro atoms. The van der Waals surface area contributed by atoms with Gasteiger partial charge in [-0.25, -0.2) is 18.4 Å². The molecule has 0 radical (unpaired) electrons. The van der Waals surface area contributed by atoms with Gasteiger partial charge in [-0.3, -0.25) is 4.98 Å². The second kappa shape index (κ2) is 7.42. The van der Waals surface area contributed by atoms with Gasteiger partial charge in [-0.1, -0.05) is 18.2 Å². The second-order valence-electron chi connectivity index (χ2n) is 6.15. The Labute approximate surface area is 157 Å². The van der Waals surface area contributed by atoms with Crippen LogP contribution in [0.15, 0.2) is 72.1 Å². The van der Waals surface area contributed by atoms with Crippen molar-refractivity contribution in [3.8, 4) is 17.1 Å². The van der Waals surface area contributed by atoms with Crippen molar-refractivity contribution in [1.82, 2.24) is 19.3 Å². The predicted octanol–water partition coefficient (Wildman–Crippen LogP) is 2.38. The first kappa shape index (κ1) is 17.6. The van der Waals surface area contributed by atoms with Gasteiger partial charge in [0, 0.05) is 18.9 Å². The molecule has 1 aliphatic rings.